The van der Waals surface area contributed by atoms with Gasteiger partial charge < -0.3 is 5.73 Å². The van der Waals surface area contributed by atoms with Gasteiger partial charge in [0.1, 0.15) is 5.01 Å². The van der Waals surface area contributed by atoms with Crippen LogP contribution in [0.4, 0.5) is 5.69 Å². The van der Waals surface area contributed by atoms with E-state index in [-0.39, 0.29) is 5.56 Å². The molecule has 7 heteroatoms. The van der Waals surface area contributed by atoms with Crippen LogP contribution in [0.15, 0.2) is 40.0 Å². The summed E-state index contributed by atoms with van der Waals surface area (Å²) in [6, 6.07) is 9.19. The van der Waals surface area contributed by atoms with Crippen molar-refractivity contribution >= 4 is 33.7 Å². The van der Waals surface area contributed by atoms with Crippen LogP contribution in [0.2, 0.25) is 0 Å². The van der Waals surface area contributed by atoms with Crippen molar-refractivity contribution in [3.05, 3.63) is 51.4 Å². The molecule has 2 heterocycles. The van der Waals surface area contributed by atoms with Crippen molar-refractivity contribution in [3.8, 4) is 0 Å². The van der Waals surface area contributed by atoms with Crippen LogP contribution < -0.4 is 11.3 Å². The number of rotatable bonds is 3. The largest absolute Gasteiger partial charge is 0.398 e. The Bertz CT molecular complexity index is 825. The molecule has 0 amide bonds. The molecule has 2 N–H and O–H groups in total. The molecule has 0 spiro atoms. The van der Waals surface area contributed by atoms with Crippen LogP contribution in [0.25, 0.3) is 4.96 Å². The lowest BCUT2D eigenvalue weighted by atomic mass is 10.3. The lowest BCUT2D eigenvalue weighted by molar-refractivity contribution is 0.872. The van der Waals surface area contributed by atoms with Gasteiger partial charge in [-0.1, -0.05) is 23.5 Å². The van der Waals surface area contributed by atoms with Gasteiger partial charge >= 0.3 is 0 Å². The molecule has 0 aliphatic rings. The predicted molar refractivity (Wildman–Crippen MR) is 82.3 cm³/mol. The van der Waals surface area contributed by atoms with E-state index in [0.717, 1.165) is 21.3 Å². The van der Waals surface area contributed by atoms with Gasteiger partial charge in [0.25, 0.3) is 5.56 Å². The third-order valence-electron chi connectivity index (χ3n) is 2.69. The summed E-state index contributed by atoms with van der Waals surface area (Å²) in [7, 11) is 0. The Kier molecular flexibility index (Phi) is 3.45. The molecule has 0 aliphatic heterocycles. The molecule has 3 aromatic rings. The second kappa shape index (κ2) is 5.26. The minimum Gasteiger partial charge on any atom is -0.398 e. The van der Waals surface area contributed by atoms with Crippen LogP contribution >= 0.6 is 23.1 Å². The van der Waals surface area contributed by atoms with E-state index in [1.165, 1.54) is 21.9 Å². The zero-order valence-electron chi connectivity index (χ0n) is 10.7. The first-order valence-electron chi connectivity index (χ1n) is 5.97. The molecule has 0 aliphatic carbocycles. The van der Waals surface area contributed by atoms with Gasteiger partial charge in [-0.05, 0) is 19.1 Å². The molecule has 0 saturated carbocycles. The fraction of sp³-hybridized carbons (Fsp3) is 0.154. The minimum atomic E-state index is -0.143. The van der Waals surface area contributed by atoms with E-state index in [2.05, 4.69) is 10.1 Å². The number of aryl methyl sites for hydroxylation is 1. The van der Waals surface area contributed by atoms with E-state index in [0.29, 0.717) is 10.7 Å². The number of aromatic nitrogens is 3. The van der Waals surface area contributed by atoms with Crippen molar-refractivity contribution in [1.82, 2.24) is 14.6 Å². The van der Waals surface area contributed by atoms with Gasteiger partial charge in [0.15, 0.2) is 0 Å². The highest BCUT2D eigenvalue weighted by Gasteiger charge is 2.07. The molecule has 0 unspecified atom stereocenters. The average Bonchev–Trinajstić information content (AvgIpc) is 2.79. The molecule has 2 aromatic heterocycles. The van der Waals surface area contributed by atoms with Gasteiger partial charge in [0.05, 0.1) is 5.69 Å². The number of hydrogen-bond donors (Lipinski definition) is 1. The van der Waals surface area contributed by atoms with Crippen molar-refractivity contribution in [2.75, 3.05) is 5.73 Å². The van der Waals surface area contributed by atoms with Crippen LogP contribution in [-0.4, -0.2) is 14.6 Å². The Hall–Kier alpha value is -1.86. The average molecular weight is 304 g/mol. The van der Waals surface area contributed by atoms with Crippen LogP contribution in [0.1, 0.15) is 10.7 Å². The van der Waals surface area contributed by atoms with Gasteiger partial charge in [0.2, 0.25) is 4.96 Å². The molecule has 5 nitrogen and oxygen atoms in total. The quantitative estimate of drug-likeness (QED) is 0.594. The Morgan fingerprint density at radius 2 is 2.20 bits per heavy atom. The first kappa shape index (κ1) is 13.1. The van der Waals surface area contributed by atoms with Crippen molar-refractivity contribution < 1.29 is 0 Å². The number of anilines is 1. The highest BCUT2D eigenvalue weighted by Crippen LogP contribution is 2.27. The Morgan fingerprint density at radius 3 is 3.00 bits per heavy atom. The van der Waals surface area contributed by atoms with Gasteiger partial charge in [-0.15, -0.1) is 11.8 Å². The van der Waals surface area contributed by atoms with Crippen LogP contribution in [0.3, 0.4) is 0 Å². The number of nitrogens with two attached hydrogens (primary N) is 1. The Balaban J connectivity index is 1.88. The van der Waals surface area contributed by atoms with Crippen LogP contribution in [0, 0.1) is 6.92 Å². The zero-order chi connectivity index (χ0) is 14.1. The van der Waals surface area contributed by atoms with Gasteiger partial charge in [-0.3, -0.25) is 4.79 Å². The molecule has 1 aromatic carbocycles. The summed E-state index contributed by atoms with van der Waals surface area (Å²) < 4.78 is 1.34. The number of thioether (sulfide) groups is 1. The normalized spacial score (nSPS) is 11.1. The maximum absolute atomic E-state index is 11.9. The fourth-order valence-corrected chi connectivity index (χ4v) is 3.42. The smallest absolute Gasteiger partial charge is 0.275 e. The second-order valence-corrected chi connectivity index (χ2v) is 6.40. The minimum absolute atomic E-state index is 0.143. The van der Waals surface area contributed by atoms with E-state index in [1.54, 1.807) is 11.8 Å². The second-order valence-electron chi connectivity index (χ2n) is 4.23. The highest BCUT2D eigenvalue weighted by atomic mass is 32.2. The molecule has 0 saturated heterocycles. The lowest BCUT2D eigenvalue weighted by Crippen LogP contribution is -2.15. The molecule has 0 bridgehead atoms. The highest BCUT2D eigenvalue weighted by molar-refractivity contribution is 7.98. The summed E-state index contributed by atoms with van der Waals surface area (Å²) in [6.45, 7) is 1.86. The number of benzene rings is 1. The first-order valence-corrected chi connectivity index (χ1v) is 7.77. The Morgan fingerprint density at radius 1 is 1.40 bits per heavy atom. The summed E-state index contributed by atoms with van der Waals surface area (Å²) in [5.41, 5.74) is 7.23. The topological polar surface area (TPSA) is 73.3 Å². The number of para-hydroxylation sites is 1. The molecule has 0 fully saturated rings. The lowest BCUT2D eigenvalue weighted by Gasteiger charge is -2.04. The molecular formula is C13H12N4OS2. The molecular weight excluding hydrogens is 292 g/mol. The van der Waals surface area contributed by atoms with Gasteiger partial charge in [-0.2, -0.15) is 9.61 Å². The standard InChI is InChI=1S/C13H12N4OS2/c1-8-16-17-12(18)6-9(15-13(17)20-8)7-19-11-5-3-2-4-10(11)14/h2-6H,7,14H2,1H3. The fourth-order valence-electron chi connectivity index (χ4n) is 1.79. The molecule has 3 rings (SSSR count). The first-order chi connectivity index (χ1) is 9.63. The van der Waals surface area contributed by atoms with E-state index >= 15 is 0 Å². The van der Waals surface area contributed by atoms with Crippen LogP contribution in [-0.2, 0) is 5.75 Å². The number of nitrogens with zero attached hydrogens (tertiary/aromatic N) is 3. The summed E-state index contributed by atoms with van der Waals surface area (Å²) in [5, 5.41) is 4.95. The third kappa shape index (κ3) is 2.54. The summed E-state index contributed by atoms with van der Waals surface area (Å²) in [4.78, 5) is 18.0. The number of nitrogen functional groups attached to an aromatic ring is 1. The zero-order valence-corrected chi connectivity index (χ0v) is 12.4. The molecule has 0 atom stereocenters. The molecule has 20 heavy (non-hydrogen) atoms. The SMILES string of the molecule is Cc1nn2c(=O)cc(CSc3ccccc3N)nc2s1. The summed E-state index contributed by atoms with van der Waals surface area (Å²) in [5.74, 6) is 0.608. The van der Waals surface area contributed by atoms with E-state index in [9.17, 15) is 4.79 Å². The maximum Gasteiger partial charge on any atom is 0.275 e. The summed E-state index contributed by atoms with van der Waals surface area (Å²) >= 11 is 2.98. The van der Waals surface area contributed by atoms with E-state index < -0.39 is 0 Å². The number of fused-ring (bicyclic) bond motifs is 1. The predicted octanol–water partition coefficient (Wildman–Crippen LogP) is 2.33. The monoisotopic (exact) mass is 304 g/mol. The Labute approximate surface area is 123 Å². The third-order valence-corrected chi connectivity index (χ3v) is 4.64. The van der Waals surface area contributed by atoms with Gasteiger partial charge in [-0.25, -0.2) is 4.98 Å². The molecule has 0 radical (unpaired) electrons. The number of hydrogen-bond acceptors (Lipinski definition) is 6. The van der Waals surface area contributed by atoms with Crippen molar-refractivity contribution in [3.63, 3.8) is 0 Å². The maximum atomic E-state index is 11.9. The molecule has 102 valence electrons. The van der Waals surface area contributed by atoms with E-state index in [4.69, 9.17) is 5.73 Å². The van der Waals surface area contributed by atoms with Crippen molar-refractivity contribution in [1.29, 1.82) is 0 Å². The van der Waals surface area contributed by atoms with Crippen molar-refractivity contribution in [2.24, 2.45) is 0 Å². The van der Waals surface area contributed by atoms with Crippen LogP contribution in [0.5, 0.6) is 0 Å². The van der Waals surface area contributed by atoms with Crippen molar-refractivity contribution in [2.45, 2.75) is 17.6 Å². The van der Waals surface area contributed by atoms with Gasteiger partial charge in [0, 0.05) is 22.4 Å². The van der Waals surface area contributed by atoms with E-state index in [1.807, 2.05) is 31.2 Å². The summed E-state index contributed by atoms with van der Waals surface area (Å²) in [6.07, 6.45) is 0.